The van der Waals surface area contributed by atoms with Gasteiger partial charge in [-0.15, -0.1) is 0 Å². The number of Topliss-reactive ketones (excluding diaryl/α,β-unsaturated/α-hetero) is 1. The third kappa shape index (κ3) is 3.68. The van der Waals surface area contributed by atoms with E-state index >= 15 is 0 Å². The van der Waals surface area contributed by atoms with Crippen LogP contribution in [0.1, 0.15) is 15.9 Å². The van der Waals surface area contributed by atoms with Crippen molar-refractivity contribution in [3.63, 3.8) is 0 Å². The van der Waals surface area contributed by atoms with Gasteiger partial charge in [-0.2, -0.15) is 0 Å². The topological polar surface area (TPSA) is 30.0 Å². The molecule has 1 aromatic carbocycles. The van der Waals surface area contributed by atoms with Gasteiger partial charge in [-0.3, -0.25) is 4.79 Å². The Hall–Kier alpha value is -1.13. The highest BCUT2D eigenvalue weighted by Crippen LogP contribution is 2.19. The summed E-state index contributed by atoms with van der Waals surface area (Å²) in [5.74, 6) is 0.544. The Morgan fingerprint density at radius 2 is 1.94 bits per heavy atom. The summed E-state index contributed by atoms with van der Waals surface area (Å²) >= 11 is 4.79. The summed E-state index contributed by atoms with van der Waals surface area (Å²) in [6, 6.07) is 11.5. The van der Waals surface area contributed by atoms with E-state index in [4.69, 9.17) is 0 Å². The molecule has 0 unspecified atom stereocenters. The Balaban J connectivity index is 1.96. The molecular weight excluding hydrogens is 310 g/mol. The molecule has 1 heterocycles. The molecule has 0 saturated carbocycles. The number of nitrogens with zero attached hydrogens (tertiary/aromatic N) is 1. The predicted octanol–water partition coefficient (Wildman–Crippen LogP) is 4.13. The summed E-state index contributed by atoms with van der Waals surface area (Å²) in [5, 5.41) is 0.860. The van der Waals surface area contributed by atoms with Crippen LogP contribution in [-0.4, -0.2) is 16.5 Å². The molecular formula is C14H12BrNOS. The maximum absolute atomic E-state index is 11.9. The van der Waals surface area contributed by atoms with Gasteiger partial charge in [-0.05, 0) is 35.0 Å². The van der Waals surface area contributed by atoms with Gasteiger partial charge in [0.05, 0.1) is 10.8 Å². The van der Waals surface area contributed by atoms with Gasteiger partial charge in [0, 0.05) is 16.2 Å². The second-order valence-electron chi connectivity index (χ2n) is 3.89. The van der Waals surface area contributed by atoms with E-state index in [1.165, 1.54) is 11.8 Å². The van der Waals surface area contributed by atoms with Gasteiger partial charge in [0.15, 0.2) is 5.78 Å². The molecule has 0 atom stereocenters. The van der Waals surface area contributed by atoms with Crippen molar-refractivity contribution < 1.29 is 4.79 Å². The predicted molar refractivity (Wildman–Crippen MR) is 78.2 cm³/mol. The maximum atomic E-state index is 11.9. The zero-order chi connectivity index (χ0) is 13.0. The second kappa shape index (κ2) is 6.16. The third-order valence-corrected chi connectivity index (χ3v) is 3.84. The molecule has 2 nitrogen and oxygen atoms in total. The van der Waals surface area contributed by atoms with Crippen molar-refractivity contribution in [2.45, 2.75) is 11.9 Å². The number of ketones is 1. The molecule has 18 heavy (non-hydrogen) atoms. The van der Waals surface area contributed by atoms with Crippen LogP contribution in [0.4, 0.5) is 0 Å². The number of pyridine rings is 1. The van der Waals surface area contributed by atoms with E-state index in [1.54, 1.807) is 6.20 Å². The molecule has 2 rings (SSSR count). The monoisotopic (exact) mass is 321 g/mol. The van der Waals surface area contributed by atoms with Crippen molar-refractivity contribution in [1.29, 1.82) is 0 Å². The Morgan fingerprint density at radius 1 is 1.22 bits per heavy atom. The lowest BCUT2D eigenvalue weighted by molar-refractivity contribution is 0.102. The standard InChI is InChI=1S/C14H12BrNOS/c1-10-2-4-11(5-3-10)13(17)9-18-14-7-6-12(15)8-16-14/h2-8H,9H2,1H3. The van der Waals surface area contributed by atoms with E-state index in [1.807, 2.05) is 43.3 Å². The number of aryl methyl sites for hydroxylation is 1. The molecule has 0 aliphatic rings. The average Bonchev–Trinajstić information content (AvgIpc) is 2.38. The second-order valence-corrected chi connectivity index (χ2v) is 5.80. The number of thioether (sulfide) groups is 1. The molecule has 0 radical (unpaired) electrons. The fraction of sp³-hybridized carbons (Fsp3) is 0.143. The molecule has 92 valence electrons. The number of carbonyl (C=O) groups is 1. The minimum atomic E-state index is 0.129. The molecule has 0 aliphatic carbocycles. The first-order valence-corrected chi connectivity index (χ1v) is 7.27. The minimum absolute atomic E-state index is 0.129. The van der Waals surface area contributed by atoms with Gasteiger partial charge in [0.1, 0.15) is 0 Å². The van der Waals surface area contributed by atoms with Crippen LogP contribution in [0, 0.1) is 6.92 Å². The van der Waals surface area contributed by atoms with Crippen molar-refractivity contribution >= 4 is 33.5 Å². The van der Waals surface area contributed by atoms with Crippen LogP contribution in [0.3, 0.4) is 0 Å². The van der Waals surface area contributed by atoms with Crippen LogP contribution < -0.4 is 0 Å². The van der Waals surface area contributed by atoms with Gasteiger partial charge >= 0.3 is 0 Å². The van der Waals surface area contributed by atoms with Crippen LogP contribution in [0.25, 0.3) is 0 Å². The van der Waals surface area contributed by atoms with E-state index in [-0.39, 0.29) is 5.78 Å². The highest BCUT2D eigenvalue weighted by Gasteiger charge is 2.06. The number of aromatic nitrogens is 1. The van der Waals surface area contributed by atoms with Crippen molar-refractivity contribution in [3.8, 4) is 0 Å². The first-order valence-electron chi connectivity index (χ1n) is 5.49. The van der Waals surface area contributed by atoms with E-state index in [9.17, 15) is 4.79 Å². The van der Waals surface area contributed by atoms with Gasteiger partial charge in [0.25, 0.3) is 0 Å². The number of carbonyl (C=O) groups excluding carboxylic acids is 1. The number of hydrogen-bond donors (Lipinski definition) is 0. The van der Waals surface area contributed by atoms with E-state index in [0.29, 0.717) is 5.75 Å². The van der Waals surface area contributed by atoms with Crippen LogP contribution in [0.2, 0.25) is 0 Å². The first-order chi connectivity index (χ1) is 8.65. The van der Waals surface area contributed by atoms with Gasteiger partial charge in [0.2, 0.25) is 0 Å². The van der Waals surface area contributed by atoms with E-state index in [0.717, 1.165) is 20.6 Å². The van der Waals surface area contributed by atoms with E-state index in [2.05, 4.69) is 20.9 Å². The number of rotatable bonds is 4. The van der Waals surface area contributed by atoms with Crippen molar-refractivity contribution in [2.75, 3.05) is 5.75 Å². The smallest absolute Gasteiger partial charge is 0.173 e. The molecule has 0 amide bonds. The van der Waals surface area contributed by atoms with Crippen LogP contribution in [0.15, 0.2) is 52.1 Å². The first kappa shape index (κ1) is 13.3. The molecule has 0 N–H and O–H groups in total. The summed E-state index contributed by atoms with van der Waals surface area (Å²) < 4.78 is 0.941. The molecule has 0 bridgehead atoms. The van der Waals surface area contributed by atoms with Crippen LogP contribution >= 0.6 is 27.7 Å². The van der Waals surface area contributed by atoms with Crippen molar-refractivity contribution in [1.82, 2.24) is 4.98 Å². The summed E-state index contributed by atoms with van der Waals surface area (Å²) in [5.41, 5.74) is 1.92. The summed E-state index contributed by atoms with van der Waals surface area (Å²) in [4.78, 5) is 16.2. The van der Waals surface area contributed by atoms with Gasteiger partial charge in [-0.25, -0.2) is 4.98 Å². The fourth-order valence-electron chi connectivity index (χ4n) is 1.41. The number of halogens is 1. The Morgan fingerprint density at radius 3 is 2.56 bits per heavy atom. The van der Waals surface area contributed by atoms with Gasteiger partial charge in [-0.1, -0.05) is 41.6 Å². The zero-order valence-corrected chi connectivity index (χ0v) is 12.3. The maximum Gasteiger partial charge on any atom is 0.173 e. The summed E-state index contributed by atoms with van der Waals surface area (Å²) in [6.45, 7) is 2.01. The Kier molecular flexibility index (Phi) is 4.55. The number of hydrogen-bond acceptors (Lipinski definition) is 3. The lowest BCUT2D eigenvalue weighted by atomic mass is 10.1. The van der Waals surface area contributed by atoms with Crippen LogP contribution in [0.5, 0.6) is 0 Å². The SMILES string of the molecule is Cc1ccc(C(=O)CSc2ccc(Br)cn2)cc1. The van der Waals surface area contributed by atoms with E-state index < -0.39 is 0 Å². The van der Waals surface area contributed by atoms with Crippen molar-refractivity contribution in [2.24, 2.45) is 0 Å². The molecule has 0 fully saturated rings. The normalized spacial score (nSPS) is 10.3. The molecule has 0 aliphatic heterocycles. The molecule has 0 saturated heterocycles. The fourth-order valence-corrected chi connectivity index (χ4v) is 2.38. The lowest BCUT2D eigenvalue weighted by Crippen LogP contribution is -2.02. The van der Waals surface area contributed by atoms with Crippen LogP contribution in [-0.2, 0) is 0 Å². The average molecular weight is 322 g/mol. The van der Waals surface area contributed by atoms with Crippen molar-refractivity contribution in [3.05, 3.63) is 58.2 Å². The summed E-state index contributed by atoms with van der Waals surface area (Å²) in [7, 11) is 0. The Bertz CT molecular complexity index is 537. The molecule has 0 spiro atoms. The highest BCUT2D eigenvalue weighted by molar-refractivity contribution is 9.10. The molecule has 2 aromatic rings. The Labute approximate surface area is 119 Å². The summed E-state index contributed by atoms with van der Waals surface area (Å²) in [6.07, 6.45) is 1.73. The van der Waals surface area contributed by atoms with Gasteiger partial charge < -0.3 is 0 Å². The molecule has 4 heteroatoms. The zero-order valence-electron chi connectivity index (χ0n) is 9.89. The third-order valence-electron chi connectivity index (χ3n) is 2.42. The lowest BCUT2D eigenvalue weighted by Gasteiger charge is -2.02. The molecule has 1 aromatic heterocycles. The minimum Gasteiger partial charge on any atom is -0.293 e. The largest absolute Gasteiger partial charge is 0.293 e. The quantitative estimate of drug-likeness (QED) is 0.626. The number of benzene rings is 1. The highest BCUT2D eigenvalue weighted by atomic mass is 79.9.